The van der Waals surface area contributed by atoms with Crippen molar-refractivity contribution in [2.45, 2.75) is 19.3 Å². The highest BCUT2D eigenvalue weighted by atomic mass is 19.1. The molecule has 1 aromatic rings. The van der Waals surface area contributed by atoms with E-state index >= 15 is 0 Å². The molecule has 0 aliphatic carbocycles. The van der Waals surface area contributed by atoms with Gasteiger partial charge in [0.05, 0.1) is 13.0 Å². The van der Waals surface area contributed by atoms with Crippen LogP contribution in [0.4, 0.5) is 4.39 Å². The minimum absolute atomic E-state index is 0.0919. The van der Waals surface area contributed by atoms with Gasteiger partial charge < -0.3 is 15.0 Å². The lowest BCUT2D eigenvalue weighted by molar-refractivity contribution is -0.133. The molecule has 0 spiro atoms. The van der Waals surface area contributed by atoms with Crippen molar-refractivity contribution in [2.75, 3.05) is 33.3 Å². The molecule has 0 atom stereocenters. The summed E-state index contributed by atoms with van der Waals surface area (Å²) in [7, 11) is 1.96. The largest absolute Gasteiger partial charge is 0.490 e. The van der Waals surface area contributed by atoms with Gasteiger partial charge in [-0.05, 0) is 44.5 Å². The van der Waals surface area contributed by atoms with Crippen LogP contribution in [0.1, 0.15) is 19.3 Å². The van der Waals surface area contributed by atoms with Gasteiger partial charge in [-0.15, -0.1) is 0 Å². The van der Waals surface area contributed by atoms with E-state index in [0.717, 1.165) is 32.5 Å². The highest BCUT2D eigenvalue weighted by molar-refractivity contribution is 5.76. The molecule has 2 rings (SSSR count). The van der Waals surface area contributed by atoms with E-state index in [1.54, 1.807) is 18.2 Å². The lowest BCUT2D eigenvalue weighted by Gasteiger charge is -2.32. The molecule has 21 heavy (non-hydrogen) atoms. The Bertz CT molecular complexity index is 459. The fourth-order valence-electron chi connectivity index (χ4n) is 2.64. The van der Waals surface area contributed by atoms with E-state index in [9.17, 15) is 9.18 Å². The number of benzene rings is 1. The van der Waals surface area contributed by atoms with Gasteiger partial charge in [-0.2, -0.15) is 0 Å². The predicted molar refractivity (Wildman–Crippen MR) is 79.7 cm³/mol. The van der Waals surface area contributed by atoms with Gasteiger partial charge in [0, 0.05) is 13.1 Å². The average Bonchev–Trinajstić information content (AvgIpc) is 2.50. The van der Waals surface area contributed by atoms with Crippen LogP contribution >= 0.6 is 0 Å². The first-order valence-electron chi connectivity index (χ1n) is 7.50. The van der Waals surface area contributed by atoms with Crippen LogP contribution in [0.2, 0.25) is 0 Å². The number of piperidine rings is 1. The van der Waals surface area contributed by atoms with Crippen molar-refractivity contribution >= 4 is 5.91 Å². The van der Waals surface area contributed by atoms with E-state index in [0.29, 0.717) is 12.3 Å². The summed E-state index contributed by atoms with van der Waals surface area (Å²) >= 11 is 0. The Morgan fingerprint density at radius 3 is 2.76 bits per heavy atom. The predicted octanol–water partition coefficient (Wildman–Crippen LogP) is 2.05. The third-order valence-corrected chi connectivity index (χ3v) is 3.87. The molecule has 0 saturated carbocycles. The van der Waals surface area contributed by atoms with Gasteiger partial charge in [0.1, 0.15) is 0 Å². The number of carbonyl (C=O) groups is 1. The molecule has 0 aromatic heterocycles. The topological polar surface area (TPSA) is 41.6 Å². The lowest BCUT2D eigenvalue weighted by Crippen LogP contribution is -2.40. The van der Waals surface area contributed by atoms with Gasteiger partial charge in [0.25, 0.3) is 0 Å². The van der Waals surface area contributed by atoms with Gasteiger partial charge in [-0.1, -0.05) is 12.1 Å². The Balaban J connectivity index is 1.70. The molecule has 1 saturated heterocycles. The van der Waals surface area contributed by atoms with Crippen molar-refractivity contribution < 1.29 is 13.9 Å². The van der Waals surface area contributed by atoms with Gasteiger partial charge >= 0.3 is 0 Å². The second kappa shape index (κ2) is 7.98. The quantitative estimate of drug-likeness (QED) is 0.873. The summed E-state index contributed by atoms with van der Waals surface area (Å²) in [6.07, 6.45) is 2.38. The molecule has 4 nitrogen and oxygen atoms in total. The number of carbonyl (C=O) groups excluding carboxylic acids is 1. The summed E-state index contributed by atoms with van der Waals surface area (Å²) in [5.74, 6) is 0.568. The second-order valence-corrected chi connectivity index (χ2v) is 5.41. The van der Waals surface area contributed by atoms with Crippen LogP contribution in [0, 0.1) is 11.7 Å². The zero-order valence-electron chi connectivity index (χ0n) is 12.5. The standard InChI is InChI=1S/C16H23FN2O2/c1-18-12-13-6-9-19(10-7-13)16(20)8-11-21-15-5-3-2-4-14(15)17/h2-5,13,18H,6-12H2,1H3. The summed E-state index contributed by atoms with van der Waals surface area (Å²) in [6.45, 7) is 2.85. The van der Waals surface area contributed by atoms with Gasteiger partial charge in [-0.3, -0.25) is 4.79 Å². The molecular weight excluding hydrogens is 271 g/mol. The summed E-state index contributed by atoms with van der Waals surface area (Å²) in [4.78, 5) is 14.0. The minimum Gasteiger partial charge on any atom is -0.490 e. The van der Waals surface area contributed by atoms with E-state index in [1.165, 1.54) is 6.07 Å². The first-order chi connectivity index (χ1) is 10.2. The Labute approximate surface area is 125 Å². The number of amides is 1. The zero-order chi connectivity index (χ0) is 15.1. The number of ether oxygens (including phenoxy) is 1. The highest BCUT2D eigenvalue weighted by Gasteiger charge is 2.22. The molecule has 0 radical (unpaired) electrons. The van der Waals surface area contributed by atoms with Crippen molar-refractivity contribution in [3.05, 3.63) is 30.1 Å². The lowest BCUT2D eigenvalue weighted by atomic mass is 9.97. The molecule has 116 valence electrons. The summed E-state index contributed by atoms with van der Waals surface area (Å²) < 4.78 is 18.7. The van der Waals surface area contributed by atoms with E-state index in [2.05, 4.69) is 5.32 Å². The molecule has 1 N–H and O–H groups in total. The smallest absolute Gasteiger partial charge is 0.225 e. The molecule has 1 fully saturated rings. The first-order valence-corrected chi connectivity index (χ1v) is 7.50. The van der Waals surface area contributed by atoms with Crippen LogP contribution in [0.5, 0.6) is 5.75 Å². The Morgan fingerprint density at radius 2 is 2.10 bits per heavy atom. The van der Waals surface area contributed by atoms with Crippen molar-refractivity contribution in [1.82, 2.24) is 10.2 Å². The van der Waals surface area contributed by atoms with Gasteiger partial charge in [0.15, 0.2) is 11.6 Å². The molecule has 1 aliphatic rings. The average molecular weight is 294 g/mol. The van der Waals surface area contributed by atoms with Gasteiger partial charge in [0.2, 0.25) is 5.91 Å². The van der Waals surface area contributed by atoms with Crippen molar-refractivity contribution in [2.24, 2.45) is 5.92 Å². The van der Waals surface area contributed by atoms with E-state index in [4.69, 9.17) is 4.74 Å². The number of likely N-dealkylation sites (tertiary alicyclic amines) is 1. The first kappa shape index (κ1) is 15.8. The monoisotopic (exact) mass is 294 g/mol. The van der Waals surface area contributed by atoms with E-state index < -0.39 is 5.82 Å². The fourth-order valence-corrected chi connectivity index (χ4v) is 2.64. The number of halogens is 1. The second-order valence-electron chi connectivity index (χ2n) is 5.41. The Morgan fingerprint density at radius 1 is 1.38 bits per heavy atom. The molecule has 1 amide bonds. The summed E-state index contributed by atoms with van der Waals surface area (Å²) in [6, 6.07) is 6.25. The van der Waals surface area contributed by atoms with Crippen LogP contribution in [-0.4, -0.2) is 44.1 Å². The summed E-state index contributed by atoms with van der Waals surface area (Å²) in [5.41, 5.74) is 0. The van der Waals surface area contributed by atoms with Crippen molar-refractivity contribution in [3.63, 3.8) is 0 Å². The number of hydrogen-bond donors (Lipinski definition) is 1. The maximum atomic E-state index is 13.4. The van der Waals surface area contributed by atoms with Crippen LogP contribution in [0.25, 0.3) is 0 Å². The molecule has 1 aromatic carbocycles. The third-order valence-electron chi connectivity index (χ3n) is 3.87. The van der Waals surface area contributed by atoms with Crippen molar-refractivity contribution in [1.29, 1.82) is 0 Å². The minimum atomic E-state index is -0.391. The van der Waals surface area contributed by atoms with Crippen LogP contribution in [-0.2, 0) is 4.79 Å². The molecular formula is C16H23FN2O2. The number of para-hydroxylation sites is 1. The van der Waals surface area contributed by atoms with Crippen molar-refractivity contribution in [3.8, 4) is 5.75 Å². The SMILES string of the molecule is CNCC1CCN(C(=O)CCOc2ccccc2F)CC1. The highest BCUT2D eigenvalue weighted by Crippen LogP contribution is 2.18. The van der Waals surface area contributed by atoms with E-state index in [-0.39, 0.29) is 18.3 Å². The van der Waals surface area contributed by atoms with Crippen LogP contribution in [0.15, 0.2) is 24.3 Å². The van der Waals surface area contributed by atoms with Crippen LogP contribution in [0.3, 0.4) is 0 Å². The maximum Gasteiger partial charge on any atom is 0.225 e. The Hall–Kier alpha value is -1.62. The number of nitrogens with one attached hydrogen (secondary N) is 1. The molecule has 1 heterocycles. The molecule has 0 unspecified atom stereocenters. The third kappa shape index (κ3) is 4.70. The maximum absolute atomic E-state index is 13.4. The molecule has 1 aliphatic heterocycles. The number of rotatable bonds is 6. The number of nitrogens with zero attached hydrogens (tertiary/aromatic N) is 1. The zero-order valence-corrected chi connectivity index (χ0v) is 12.5. The fraction of sp³-hybridized carbons (Fsp3) is 0.562. The van der Waals surface area contributed by atoms with Crippen LogP contribution < -0.4 is 10.1 Å². The van der Waals surface area contributed by atoms with E-state index in [1.807, 2.05) is 11.9 Å². The molecule has 5 heteroatoms. The van der Waals surface area contributed by atoms with Gasteiger partial charge in [-0.25, -0.2) is 4.39 Å². The normalized spacial score (nSPS) is 16.0. The molecule has 0 bridgehead atoms. The Kier molecular flexibility index (Phi) is 5.99. The number of hydrogen-bond acceptors (Lipinski definition) is 3. The summed E-state index contributed by atoms with van der Waals surface area (Å²) in [5, 5.41) is 3.18.